The molecule has 3 N–H and O–H groups in total. The largest absolute Gasteiger partial charge is 0.368 e. The van der Waals surface area contributed by atoms with Crippen molar-refractivity contribution in [2.24, 2.45) is 17.6 Å². The predicted octanol–water partition coefficient (Wildman–Crippen LogP) is -0.399. The number of barbiturate groups is 1. The zero-order valence-corrected chi connectivity index (χ0v) is 10.8. The van der Waals surface area contributed by atoms with Gasteiger partial charge < -0.3 is 5.73 Å². The lowest BCUT2D eigenvalue weighted by atomic mass is 9.84. The van der Waals surface area contributed by atoms with Crippen molar-refractivity contribution in [1.29, 1.82) is 0 Å². The molecule has 1 aliphatic heterocycles. The summed E-state index contributed by atoms with van der Waals surface area (Å²) in [5.41, 5.74) is 3.85. The molecular weight excluding hydrogens is 238 g/mol. The summed E-state index contributed by atoms with van der Waals surface area (Å²) in [5.74, 6) is -3.55. The summed E-state index contributed by atoms with van der Waals surface area (Å²) in [6.07, 6.45) is 0. The number of imide groups is 2. The maximum atomic E-state index is 12.0. The first-order chi connectivity index (χ1) is 8.13. The first kappa shape index (κ1) is 14.1. The Morgan fingerprint density at radius 1 is 1.39 bits per heavy atom. The number of nitrogens with two attached hydrogens (primary N) is 1. The number of hydrogen-bond donors (Lipinski definition) is 2. The average Bonchev–Trinajstić information content (AvgIpc) is 2.25. The van der Waals surface area contributed by atoms with E-state index in [2.05, 4.69) is 0 Å². The predicted molar refractivity (Wildman–Crippen MR) is 62.0 cm³/mol. The molecule has 1 fully saturated rings. The number of hydrogen-bond acceptors (Lipinski definition) is 4. The molecule has 18 heavy (non-hydrogen) atoms. The summed E-state index contributed by atoms with van der Waals surface area (Å²) < 4.78 is 0. The molecule has 2 unspecified atom stereocenters. The van der Waals surface area contributed by atoms with Crippen LogP contribution in [0.4, 0.5) is 4.79 Å². The van der Waals surface area contributed by atoms with E-state index >= 15 is 0 Å². The van der Waals surface area contributed by atoms with Gasteiger partial charge >= 0.3 is 6.03 Å². The van der Waals surface area contributed by atoms with Crippen molar-refractivity contribution in [2.45, 2.75) is 33.2 Å². The molecule has 1 aliphatic rings. The molecule has 0 saturated carbocycles. The van der Waals surface area contributed by atoms with Gasteiger partial charge in [0.15, 0.2) is 0 Å². The zero-order chi connectivity index (χ0) is 14.2. The highest BCUT2D eigenvalue weighted by Crippen LogP contribution is 2.28. The fourth-order valence-electron chi connectivity index (χ4n) is 1.77. The van der Waals surface area contributed by atoms with E-state index in [0.717, 1.165) is 4.90 Å². The third-order valence-electron chi connectivity index (χ3n) is 3.50. The van der Waals surface area contributed by atoms with Gasteiger partial charge in [-0.05, 0) is 19.8 Å². The highest BCUT2D eigenvalue weighted by molar-refractivity contribution is 6.17. The van der Waals surface area contributed by atoms with Crippen LogP contribution in [0.3, 0.4) is 0 Å². The van der Waals surface area contributed by atoms with Gasteiger partial charge in [-0.3, -0.25) is 19.7 Å². The molecule has 0 radical (unpaired) electrons. The molecule has 7 heteroatoms. The van der Waals surface area contributed by atoms with Crippen molar-refractivity contribution in [1.82, 2.24) is 10.2 Å². The van der Waals surface area contributed by atoms with Crippen LogP contribution >= 0.6 is 0 Å². The lowest BCUT2D eigenvalue weighted by Gasteiger charge is -2.42. The van der Waals surface area contributed by atoms with Crippen LogP contribution in [-0.4, -0.2) is 34.2 Å². The Labute approximate surface area is 105 Å². The highest BCUT2D eigenvalue weighted by Gasteiger charge is 2.51. The van der Waals surface area contributed by atoms with E-state index in [-0.39, 0.29) is 5.92 Å². The third kappa shape index (κ3) is 1.85. The molecule has 1 rings (SSSR count). The van der Waals surface area contributed by atoms with Crippen molar-refractivity contribution in [3.63, 3.8) is 0 Å². The average molecular weight is 255 g/mol. The number of carbonyl (C=O) groups excluding carboxylic acids is 4. The molecule has 100 valence electrons. The smallest absolute Gasteiger partial charge is 0.331 e. The zero-order valence-electron chi connectivity index (χ0n) is 10.8. The van der Waals surface area contributed by atoms with Gasteiger partial charge in [-0.15, -0.1) is 0 Å². The number of nitrogens with zero attached hydrogens (tertiary/aromatic N) is 1. The van der Waals surface area contributed by atoms with E-state index in [1.54, 1.807) is 13.8 Å². The summed E-state index contributed by atoms with van der Waals surface area (Å²) in [5, 5.41) is 2.04. The molecule has 0 aromatic carbocycles. The second-order valence-electron chi connectivity index (χ2n) is 4.86. The second-order valence-corrected chi connectivity index (χ2v) is 4.86. The van der Waals surface area contributed by atoms with Crippen molar-refractivity contribution in [3.05, 3.63) is 0 Å². The van der Waals surface area contributed by atoms with E-state index in [0.29, 0.717) is 0 Å². The molecular formula is C11H17N3O4. The molecule has 0 aliphatic carbocycles. The lowest BCUT2D eigenvalue weighted by molar-refractivity contribution is -0.152. The first-order valence-electron chi connectivity index (χ1n) is 5.62. The van der Waals surface area contributed by atoms with Crippen LogP contribution in [0.5, 0.6) is 0 Å². The van der Waals surface area contributed by atoms with Gasteiger partial charge in [0, 0.05) is 0 Å². The molecule has 5 amide bonds. The van der Waals surface area contributed by atoms with Crippen LogP contribution in [0.1, 0.15) is 27.7 Å². The van der Waals surface area contributed by atoms with Crippen molar-refractivity contribution in [3.8, 4) is 0 Å². The summed E-state index contributed by atoms with van der Waals surface area (Å²) in [7, 11) is 0. The molecule has 1 heterocycles. The van der Waals surface area contributed by atoms with Crippen molar-refractivity contribution >= 4 is 23.8 Å². The minimum Gasteiger partial charge on any atom is -0.368 e. The van der Waals surface area contributed by atoms with Crippen LogP contribution in [0, 0.1) is 11.8 Å². The van der Waals surface area contributed by atoms with Gasteiger partial charge in [0.25, 0.3) is 0 Å². The number of carbonyl (C=O) groups is 4. The number of primary amides is 1. The van der Waals surface area contributed by atoms with Crippen LogP contribution < -0.4 is 11.1 Å². The van der Waals surface area contributed by atoms with Crippen molar-refractivity contribution in [2.75, 3.05) is 0 Å². The van der Waals surface area contributed by atoms with Gasteiger partial charge in [0.1, 0.15) is 11.5 Å². The van der Waals surface area contributed by atoms with Crippen LogP contribution in [0.25, 0.3) is 0 Å². The molecule has 0 bridgehead atoms. The maximum absolute atomic E-state index is 12.0. The van der Waals surface area contributed by atoms with Gasteiger partial charge in [0.2, 0.25) is 17.7 Å². The van der Waals surface area contributed by atoms with E-state index in [9.17, 15) is 19.2 Å². The van der Waals surface area contributed by atoms with E-state index in [1.807, 2.05) is 5.32 Å². The number of nitrogens with one attached hydrogen (secondary N) is 1. The Morgan fingerprint density at radius 3 is 2.28 bits per heavy atom. The topological polar surface area (TPSA) is 110 Å². The Balaban J connectivity index is 3.28. The highest BCUT2D eigenvalue weighted by atomic mass is 16.2. The minimum absolute atomic E-state index is 0.370. The summed E-state index contributed by atoms with van der Waals surface area (Å²) in [6.45, 7) is 6.14. The monoisotopic (exact) mass is 255 g/mol. The van der Waals surface area contributed by atoms with E-state index < -0.39 is 35.2 Å². The fraction of sp³-hybridized carbons (Fsp3) is 0.636. The quantitative estimate of drug-likeness (QED) is 0.668. The Kier molecular flexibility index (Phi) is 3.45. The Bertz CT molecular complexity index is 432. The van der Waals surface area contributed by atoms with Gasteiger partial charge in [0.05, 0.1) is 0 Å². The first-order valence-corrected chi connectivity index (χ1v) is 5.62. The third-order valence-corrected chi connectivity index (χ3v) is 3.50. The molecule has 0 spiro atoms. The molecule has 7 nitrogen and oxygen atoms in total. The SMILES string of the molecule is CC1C(=O)NC(=O)N(C(C)(C(N)=O)C(C)C)C1=O. The van der Waals surface area contributed by atoms with Gasteiger partial charge in [-0.1, -0.05) is 13.8 Å². The molecule has 2 atom stereocenters. The van der Waals surface area contributed by atoms with Crippen LogP contribution in [-0.2, 0) is 14.4 Å². The van der Waals surface area contributed by atoms with Gasteiger partial charge in [-0.25, -0.2) is 9.69 Å². The minimum atomic E-state index is -1.46. The Hall–Kier alpha value is -1.92. The fourth-order valence-corrected chi connectivity index (χ4v) is 1.77. The summed E-state index contributed by atoms with van der Waals surface area (Å²) in [4.78, 5) is 47.5. The second kappa shape index (κ2) is 4.40. The molecule has 0 aromatic rings. The Morgan fingerprint density at radius 2 is 1.89 bits per heavy atom. The van der Waals surface area contributed by atoms with E-state index in [4.69, 9.17) is 5.73 Å². The van der Waals surface area contributed by atoms with Crippen molar-refractivity contribution < 1.29 is 19.2 Å². The number of amides is 5. The molecule has 1 saturated heterocycles. The van der Waals surface area contributed by atoms with E-state index in [1.165, 1.54) is 13.8 Å². The number of rotatable bonds is 3. The summed E-state index contributed by atoms with van der Waals surface area (Å²) >= 11 is 0. The normalized spacial score (nSPS) is 23.9. The maximum Gasteiger partial charge on any atom is 0.331 e. The number of urea groups is 1. The standard InChI is InChI=1S/C11H17N3O4/c1-5(2)11(4,9(12)17)14-8(16)6(3)7(15)13-10(14)18/h5-6H,1-4H3,(H2,12,17)(H,13,15,18). The lowest BCUT2D eigenvalue weighted by Crippen LogP contribution is -2.69. The molecule has 0 aromatic heterocycles. The van der Waals surface area contributed by atoms with Crippen LogP contribution in [0.2, 0.25) is 0 Å². The van der Waals surface area contributed by atoms with Crippen LogP contribution in [0.15, 0.2) is 0 Å². The summed E-state index contributed by atoms with van der Waals surface area (Å²) in [6, 6.07) is -0.905. The van der Waals surface area contributed by atoms with Gasteiger partial charge in [-0.2, -0.15) is 0 Å².